The van der Waals surface area contributed by atoms with E-state index in [0.717, 1.165) is 25.7 Å². The number of hydrogen-bond acceptors (Lipinski definition) is 5. The summed E-state index contributed by atoms with van der Waals surface area (Å²) in [5, 5.41) is 4.86. The topological polar surface area (TPSA) is 128 Å². The summed E-state index contributed by atoms with van der Waals surface area (Å²) < 4.78 is 11.5. The van der Waals surface area contributed by atoms with Crippen molar-refractivity contribution in [3.8, 4) is 0 Å². The van der Waals surface area contributed by atoms with E-state index in [1.807, 2.05) is 0 Å². The van der Waals surface area contributed by atoms with Crippen molar-refractivity contribution in [2.24, 2.45) is 5.73 Å². The van der Waals surface area contributed by atoms with E-state index in [1.165, 1.54) is 14.0 Å². The van der Waals surface area contributed by atoms with Crippen LogP contribution < -0.4 is 16.4 Å². The number of unbranched alkanes of at least 4 members (excludes halogenated alkanes) is 4. The van der Waals surface area contributed by atoms with Gasteiger partial charge >= 0.3 is 5.97 Å². The first-order chi connectivity index (χ1) is 11.8. The molecule has 2 atom stereocenters. The molecule has 0 fully saturated rings. The molecule has 0 aliphatic carbocycles. The average molecular weight is 344 g/mol. The molecule has 0 heterocycles. The quantitative estimate of drug-likeness (QED) is 0.348. The van der Waals surface area contributed by atoms with Crippen LogP contribution in [0.1, 0.15) is 60.1 Å². The molecule has 0 saturated heterocycles. The van der Waals surface area contributed by atoms with Crippen molar-refractivity contribution in [2.75, 3.05) is 7.11 Å². The van der Waals surface area contributed by atoms with Gasteiger partial charge in [-0.15, -0.1) is 0 Å². The normalized spacial score (nSPS) is 13.3. The molecule has 138 valence electrons. The monoisotopic (exact) mass is 344 g/mol. The van der Waals surface area contributed by atoms with Gasteiger partial charge in [0.15, 0.2) is 0 Å². The SMILES string of the molecule is [2H]CCCCCCCC(=O)N[C@@H](CC(N)=O)C(=O)N[C@@H](C)C(=O)OC. The second kappa shape index (κ2) is 12.3. The molecule has 0 aromatic carbocycles. The van der Waals surface area contributed by atoms with Crippen LogP contribution >= 0.6 is 0 Å². The summed E-state index contributed by atoms with van der Waals surface area (Å²) in [5.41, 5.74) is 5.11. The van der Waals surface area contributed by atoms with Crippen LogP contribution in [0.25, 0.3) is 0 Å². The highest BCUT2D eigenvalue weighted by Gasteiger charge is 2.26. The number of carbonyl (C=O) groups is 4. The zero-order chi connectivity index (χ0) is 19.2. The zero-order valence-electron chi connectivity index (χ0n) is 15.4. The molecule has 0 rings (SSSR count). The van der Waals surface area contributed by atoms with E-state index in [2.05, 4.69) is 15.4 Å². The van der Waals surface area contributed by atoms with Gasteiger partial charge in [0, 0.05) is 7.79 Å². The minimum Gasteiger partial charge on any atom is -0.467 e. The van der Waals surface area contributed by atoms with E-state index in [9.17, 15) is 19.2 Å². The largest absolute Gasteiger partial charge is 0.467 e. The van der Waals surface area contributed by atoms with Crippen molar-refractivity contribution in [1.82, 2.24) is 10.6 Å². The van der Waals surface area contributed by atoms with Gasteiger partial charge in [-0.2, -0.15) is 0 Å². The summed E-state index contributed by atoms with van der Waals surface area (Å²) in [6, 6.07) is -2.03. The molecule has 4 N–H and O–H groups in total. The van der Waals surface area contributed by atoms with Crippen LogP contribution in [0.2, 0.25) is 0 Å². The van der Waals surface area contributed by atoms with Gasteiger partial charge in [-0.25, -0.2) is 4.79 Å². The van der Waals surface area contributed by atoms with Crippen molar-refractivity contribution in [1.29, 1.82) is 0 Å². The number of methoxy groups -OCH3 is 1. The summed E-state index contributed by atoms with van der Waals surface area (Å²) in [6.07, 6.45) is 4.17. The number of nitrogens with one attached hydrogen (secondary N) is 2. The number of ether oxygens (including phenoxy) is 1. The molecule has 0 unspecified atom stereocenters. The van der Waals surface area contributed by atoms with Gasteiger partial charge in [0.05, 0.1) is 13.5 Å². The Morgan fingerprint density at radius 1 is 1.12 bits per heavy atom. The molecule has 0 aliphatic rings. The molecule has 8 nitrogen and oxygen atoms in total. The van der Waals surface area contributed by atoms with Crippen LogP contribution in [0.15, 0.2) is 0 Å². The molecule has 0 bridgehead atoms. The van der Waals surface area contributed by atoms with Crippen LogP contribution in [0.4, 0.5) is 0 Å². The fourth-order valence-electron chi connectivity index (χ4n) is 2.04. The third kappa shape index (κ3) is 9.81. The maximum Gasteiger partial charge on any atom is 0.328 e. The number of amides is 3. The first-order valence-electron chi connectivity index (χ1n) is 8.77. The first-order valence-corrected chi connectivity index (χ1v) is 8.06. The minimum absolute atomic E-state index is 0.232. The van der Waals surface area contributed by atoms with Gasteiger partial charge < -0.3 is 21.1 Å². The van der Waals surface area contributed by atoms with E-state index < -0.39 is 29.9 Å². The molecule has 3 amide bonds. The Morgan fingerprint density at radius 3 is 2.38 bits per heavy atom. The molecule has 24 heavy (non-hydrogen) atoms. The molecule has 0 aromatic heterocycles. The van der Waals surface area contributed by atoms with Crippen LogP contribution in [0.5, 0.6) is 0 Å². The number of carbonyl (C=O) groups excluding carboxylic acids is 4. The Hall–Kier alpha value is -2.12. The molecular formula is C16H29N3O5. The Kier molecular flexibility index (Phi) is 10.2. The standard InChI is InChI=1S/C16H29N3O5/c1-4-5-6-7-8-9-14(21)19-12(10-13(17)20)15(22)18-11(2)16(23)24-3/h11-12H,4-10H2,1-3H3,(H2,17,20)(H,18,22)(H,19,21)/t11-,12-/m0/s1/i1D. The van der Waals surface area contributed by atoms with Gasteiger partial charge in [-0.3, -0.25) is 14.4 Å². The number of hydrogen-bond donors (Lipinski definition) is 3. The highest BCUT2D eigenvalue weighted by molar-refractivity contribution is 5.93. The highest BCUT2D eigenvalue weighted by atomic mass is 16.5. The lowest BCUT2D eigenvalue weighted by Gasteiger charge is -2.19. The fraction of sp³-hybridized carbons (Fsp3) is 0.750. The Morgan fingerprint density at radius 2 is 1.79 bits per heavy atom. The van der Waals surface area contributed by atoms with Crippen molar-refractivity contribution in [3.05, 3.63) is 0 Å². The minimum atomic E-state index is -1.12. The lowest BCUT2D eigenvalue weighted by Crippen LogP contribution is -2.52. The van der Waals surface area contributed by atoms with Gasteiger partial charge in [0.1, 0.15) is 12.1 Å². The predicted molar refractivity (Wildman–Crippen MR) is 88.7 cm³/mol. The zero-order valence-corrected chi connectivity index (χ0v) is 14.4. The van der Waals surface area contributed by atoms with E-state index in [1.54, 1.807) is 0 Å². The molecule has 0 aromatic rings. The van der Waals surface area contributed by atoms with E-state index in [4.69, 9.17) is 7.10 Å². The summed E-state index contributed by atoms with van der Waals surface area (Å²) in [4.78, 5) is 46.5. The van der Waals surface area contributed by atoms with Gasteiger partial charge in [-0.05, 0) is 13.3 Å². The molecule has 8 heteroatoms. The second-order valence-corrected chi connectivity index (χ2v) is 5.56. The number of rotatable bonds is 12. The highest BCUT2D eigenvalue weighted by Crippen LogP contribution is 2.05. The van der Waals surface area contributed by atoms with Gasteiger partial charge in [-0.1, -0.05) is 32.6 Å². The number of primary amides is 1. The van der Waals surface area contributed by atoms with Gasteiger partial charge in [0.25, 0.3) is 0 Å². The molecule has 0 aliphatic heterocycles. The Balaban J connectivity index is 4.41. The van der Waals surface area contributed by atoms with Crippen LogP contribution in [-0.2, 0) is 23.9 Å². The summed E-state index contributed by atoms with van der Waals surface area (Å²) in [6.45, 7) is 1.85. The maximum atomic E-state index is 12.1. The number of esters is 1. The fourth-order valence-corrected chi connectivity index (χ4v) is 2.04. The Bertz CT molecular complexity index is 459. The van der Waals surface area contributed by atoms with E-state index in [0.29, 0.717) is 13.3 Å². The lowest BCUT2D eigenvalue weighted by molar-refractivity contribution is -0.144. The van der Waals surface area contributed by atoms with E-state index in [-0.39, 0.29) is 18.7 Å². The van der Waals surface area contributed by atoms with Gasteiger partial charge in [0.2, 0.25) is 17.7 Å². The van der Waals surface area contributed by atoms with Crippen LogP contribution in [0.3, 0.4) is 0 Å². The first kappa shape index (κ1) is 19.9. The summed E-state index contributed by atoms with van der Waals surface area (Å²) in [7, 11) is 1.19. The summed E-state index contributed by atoms with van der Waals surface area (Å²) in [5.74, 6) is -2.39. The van der Waals surface area contributed by atoms with Crippen molar-refractivity contribution in [3.63, 3.8) is 0 Å². The second-order valence-electron chi connectivity index (χ2n) is 5.56. The van der Waals surface area contributed by atoms with Crippen LogP contribution in [-0.4, -0.2) is 42.9 Å². The predicted octanol–water partition coefficient (Wildman–Crippen LogP) is 0.385. The molecule has 0 spiro atoms. The van der Waals surface area contributed by atoms with E-state index >= 15 is 0 Å². The smallest absolute Gasteiger partial charge is 0.328 e. The van der Waals surface area contributed by atoms with Crippen LogP contribution in [0, 0.1) is 0 Å². The van der Waals surface area contributed by atoms with Crippen molar-refractivity contribution in [2.45, 2.75) is 70.9 Å². The van der Waals surface area contributed by atoms with Crippen molar-refractivity contribution < 1.29 is 25.3 Å². The average Bonchev–Trinajstić information content (AvgIpc) is 2.56. The van der Waals surface area contributed by atoms with Crippen molar-refractivity contribution >= 4 is 23.7 Å². The molecule has 0 radical (unpaired) electrons. The lowest BCUT2D eigenvalue weighted by atomic mass is 10.1. The summed E-state index contributed by atoms with van der Waals surface area (Å²) >= 11 is 0. The molecular weight excluding hydrogens is 314 g/mol. The Labute approximate surface area is 144 Å². The third-order valence-corrected chi connectivity index (χ3v) is 3.37. The molecule has 0 saturated carbocycles. The number of nitrogens with two attached hydrogens (primary N) is 1. The maximum absolute atomic E-state index is 12.1. The third-order valence-electron chi connectivity index (χ3n) is 3.37.